The van der Waals surface area contributed by atoms with E-state index in [1.807, 2.05) is 30.1 Å². The molecule has 1 fully saturated rings. The van der Waals surface area contributed by atoms with Crippen LogP contribution in [0, 0.1) is 5.92 Å². The van der Waals surface area contributed by atoms with Crippen LogP contribution >= 0.6 is 0 Å². The van der Waals surface area contributed by atoms with Crippen LogP contribution < -0.4 is 0 Å². The Balaban J connectivity index is 1.89. The number of aromatic nitrogens is 1. The molecule has 94 valence electrons. The molecule has 0 amide bonds. The van der Waals surface area contributed by atoms with E-state index in [1.54, 1.807) is 0 Å². The lowest BCUT2D eigenvalue weighted by Gasteiger charge is -2.20. The third-order valence-electron chi connectivity index (χ3n) is 3.27. The van der Waals surface area contributed by atoms with Crippen LogP contribution in [0.4, 0.5) is 0 Å². The largest absolute Gasteiger partial charge is 0.357 e. The number of hydrogen-bond acceptors (Lipinski definition) is 2. The molecule has 0 bridgehead atoms. The first-order valence-electron chi connectivity index (χ1n) is 6.56. The number of nitrogens with zero attached hydrogens (tertiary/aromatic N) is 2. The maximum absolute atomic E-state index is 12.1. The summed E-state index contributed by atoms with van der Waals surface area (Å²) in [7, 11) is 1.95. The van der Waals surface area contributed by atoms with E-state index in [-0.39, 0.29) is 5.78 Å². The number of hydrogen-bond donors (Lipinski definition) is 0. The van der Waals surface area contributed by atoms with Crippen molar-refractivity contribution in [3.63, 3.8) is 0 Å². The van der Waals surface area contributed by atoms with Crippen LogP contribution in [0.2, 0.25) is 0 Å². The minimum Gasteiger partial charge on any atom is -0.357 e. The van der Waals surface area contributed by atoms with Crippen molar-refractivity contribution in [2.24, 2.45) is 13.0 Å². The molecule has 1 aliphatic carbocycles. The van der Waals surface area contributed by atoms with Gasteiger partial charge in [-0.2, -0.15) is 0 Å². The first-order valence-corrected chi connectivity index (χ1v) is 6.56. The molecule has 1 aromatic heterocycles. The van der Waals surface area contributed by atoms with Crippen molar-refractivity contribution < 1.29 is 4.79 Å². The van der Waals surface area contributed by atoms with Crippen molar-refractivity contribution in [2.45, 2.75) is 26.2 Å². The Morgan fingerprint density at radius 3 is 2.82 bits per heavy atom. The molecule has 0 unspecified atom stereocenters. The van der Waals surface area contributed by atoms with E-state index in [0.717, 1.165) is 31.0 Å². The zero-order valence-electron chi connectivity index (χ0n) is 10.9. The Bertz CT molecular complexity index is 379. The van der Waals surface area contributed by atoms with Crippen LogP contribution in [0.3, 0.4) is 0 Å². The van der Waals surface area contributed by atoms with Crippen molar-refractivity contribution in [2.75, 3.05) is 19.6 Å². The highest BCUT2D eigenvalue weighted by Crippen LogP contribution is 2.29. The molecule has 3 heteroatoms. The third kappa shape index (κ3) is 3.70. The second kappa shape index (κ2) is 5.50. The van der Waals surface area contributed by atoms with Crippen LogP contribution in [-0.2, 0) is 7.05 Å². The molecule has 1 saturated carbocycles. The molecule has 0 atom stereocenters. The van der Waals surface area contributed by atoms with Gasteiger partial charge in [-0.05, 0) is 37.8 Å². The summed E-state index contributed by atoms with van der Waals surface area (Å²) in [5, 5.41) is 0. The number of carbonyl (C=O) groups excluding carboxylic acids is 1. The number of rotatable bonds is 7. The zero-order valence-corrected chi connectivity index (χ0v) is 10.9. The highest BCUT2D eigenvalue weighted by Gasteiger charge is 2.25. The lowest BCUT2D eigenvalue weighted by Crippen LogP contribution is -2.32. The minimum atomic E-state index is 0.250. The zero-order chi connectivity index (χ0) is 12.3. The summed E-state index contributed by atoms with van der Waals surface area (Å²) in [5.74, 6) is 1.10. The quantitative estimate of drug-likeness (QED) is 0.677. The molecule has 0 spiro atoms. The van der Waals surface area contributed by atoms with E-state index in [4.69, 9.17) is 0 Å². The molecule has 0 aliphatic heterocycles. The van der Waals surface area contributed by atoms with Crippen molar-refractivity contribution in [3.8, 4) is 0 Å². The van der Waals surface area contributed by atoms with Gasteiger partial charge in [0.05, 0.1) is 6.54 Å². The topological polar surface area (TPSA) is 25.2 Å². The molecule has 17 heavy (non-hydrogen) atoms. The maximum Gasteiger partial charge on any atom is 0.178 e. The summed E-state index contributed by atoms with van der Waals surface area (Å²) in [6.07, 6.45) is 7.65. The standard InChI is InChI=1S/C14H22N2O/c1-3-7-16(9-12-4-5-12)11-14(17)13-6-8-15(2)10-13/h6,8,10,12H,3-5,7,9,11H2,1-2H3. The Morgan fingerprint density at radius 2 is 2.29 bits per heavy atom. The third-order valence-corrected chi connectivity index (χ3v) is 3.27. The second-order valence-electron chi connectivity index (χ2n) is 5.17. The van der Waals surface area contributed by atoms with Crippen LogP contribution in [0.15, 0.2) is 18.5 Å². The summed E-state index contributed by atoms with van der Waals surface area (Å²) in [6.45, 7) is 4.89. The van der Waals surface area contributed by atoms with E-state index < -0.39 is 0 Å². The minimum absolute atomic E-state index is 0.250. The summed E-state index contributed by atoms with van der Waals surface area (Å²) in [5.41, 5.74) is 0.837. The fourth-order valence-electron chi connectivity index (χ4n) is 2.18. The van der Waals surface area contributed by atoms with E-state index >= 15 is 0 Å². The molecule has 3 nitrogen and oxygen atoms in total. The lowest BCUT2D eigenvalue weighted by molar-refractivity contribution is 0.0927. The number of Topliss-reactive ketones (excluding diaryl/α,β-unsaturated/α-hetero) is 1. The van der Waals surface area contributed by atoms with Crippen LogP contribution in [0.5, 0.6) is 0 Å². The number of ketones is 1. The second-order valence-corrected chi connectivity index (χ2v) is 5.17. The summed E-state index contributed by atoms with van der Waals surface area (Å²) in [4.78, 5) is 14.4. The molecule has 0 aromatic carbocycles. The smallest absolute Gasteiger partial charge is 0.178 e. The molecular weight excluding hydrogens is 212 g/mol. The maximum atomic E-state index is 12.1. The van der Waals surface area contributed by atoms with Gasteiger partial charge >= 0.3 is 0 Å². The van der Waals surface area contributed by atoms with E-state index in [1.165, 1.54) is 12.8 Å². The molecule has 2 rings (SSSR count). The van der Waals surface area contributed by atoms with Gasteiger partial charge in [0.2, 0.25) is 0 Å². The predicted octanol–water partition coefficient (Wildman–Crippen LogP) is 2.33. The fourth-order valence-corrected chi connectivity index (χ4v) is 2.18. The first-order chi connectivity index (χ1) is 8.19. The van der Waals surface area contributed by atoms with Gasteiger partial charge in [-0.25, -0.2) is 0 Å². The van der Waals surface area contributed by atoms with Gasteiger partial charge in [0, 0.05) is 31.5 Å². The molecule has 0 radical (unpaired) electrons. The molecule has 1 aliphatic rings. The average molecular weight is 234 g/mol. The van der Waals surface area contributed by atoms with Gasteiger partial charge in [0.15, 0.2) is 5.78 Å². The van der Waals surface area contributed by atoms with Gasteiger partial charge in [-0.3, -0.25) is 9.69 Å². The highest BCUT2D eigenvalue weighted by atomic mass is 16.1. The van der Waals surface area contributed by atoms with E-state index in [0.29, 0.717) is 6.54 Å². The van der Waals surface area contributed by atoms with Gasteiger partial charge < -0.3 is 4.57 Å². The Labute approximate surface area is 103 Å². The SMILES string of the molecule is CCCN(CC(=O)c1ccn(C)c1)CC1CC1. The number of carbonyl (C=O) groups is 1. The van der Waals surface area contributed by atoms with Gasteiger partial charge in [0.25, 0.3) is 0 Å². The van der Waals surface area contributed by atoms with Crippen molar-refractivity contribution in [1.29, 1.82) is 0 Å². The van der Waals surface area contributed by atoms with Crippen molar-refractivity contribution in [3.05, 3.63) is 24.0 Å². The molecule has 1 aromatic rings. The van der Waals surface area contributed by atoms with Gasteiger partial charge in [-0.15, -0.1) is 0 Å². The van der Waals surface area contributed by atoms with Crippen molar-refractivity contribution in [1.82, 2.24) is 9.47 Å². The Kier molecular flexibility index (Phi) is 4.00. The van der Waals surface area contributed by atoms with Crippen LogP contribution in [-0.4, -0.2) is 34.9 Å². The normalized spacial score (nSPS) is 15.5. The van der Waals surface area contributed by atoms with Crippen LogP contribution in [0.1, 0.15) is 36.5 Å². The van der Waals surface area contributed by atoms with Crippen LogP contribution in [0.25, 0.3) is 0 Å². The molecule has 0 saturated heterocycles. The summed E-state index contributed by atoms with van der Waals surface area (Å²) >= 11 is 0. The number of aryl methyl sites for hydroxylation is 1. The summed E-state index contributed by atoms with van der Waals surface area (Å²) < 4.78 is 1.93. The monoisotopic (exact) mass is 234 g/mol. The molecule has 0 N–H and O–H groups in total. The molecular formula is C14H22N2O. The van der Waals surface area contributed by atoms with Crippen molar-refractivity contribution >= 4 is 5.78 Å². The van der Waals surface area contributed by atoms with Gasteiger partial charge in [-0.1, -0.05) is 6.92 Å². The van der Waals surface area contributed by atoms with E-state index in [2.05, 4.69) is 11.8 Å². The van der Waals surface area contributed by atoms with E-state index in [9.17, 15) is 4.79 Å². The van der Waals surface area contributed by atoms with Gasteiger partial charge in [0.1, 0.15) is 0 Å². The fraction of sp³-hybridized carbons (Fsp3) is 0.643. The molecule has 1 heterocycles. The predicted molar refractivity (Wildman–Crippen MR) is 69.2 cm³/mol. The Hall–Kier alpha value is -1.09. The Morgan fingerprint density at radius 1 is 1.53 bits per heavy atom. The lowest BCUT2D eigenvalue weighted by atomic mass is 10.2. The average Bonchev–Trinajstić information content (AvgIpc) is 2.98. The first kappa shape index (κ1) is 12.4. The summed E-state index contributed by atoms with van der Waals surface area (Å²) in [6, 6.07) is 1.91. The highest BCUT2D eigenvalue weighted by molar-refractivity contribution is 5.97.